The molecule has 4 rings (SSSR count). The summed E-state index contributed by atoms with van der Waals surface area (Å²) >= 11 is 0. The van der Waals surface area contributed by atoms with Crippen LogP contribution in [0.15, 0.2) is 106 Å². The molecular weight excluding hydrogens is 336 g/mol. The lowest BCUT2D eigenvalue weighted by Crippen LogP contribution is -2.17. The van der Waals surface area contributed by atoms with Crippen molar-refractivity contribution >= 4 is 5.78 Å². The van der Waals surface area contributed by atoms with Gasteiger partial charge in [-0.15, -0.1) is 0 Å². The third kappa shape index (κ3) is 3.35. The summed E-state index contributed by atoms with van der Waals surface area (Å²) < 4.78 is 6.08. The zero-order chi connectivity index (χ0) is 18.6. The highest BCUT2D eigenvalue weighted by molar-refractivity contribution is 6.12. The quantitative estimate of drug-likeness (QED) is 0.474. The van der Waals surface area contributed by atoms with Crippen molar-refractivity contribution < 1.29 is 9.21 Å². The fraction of sp³-hybridized carbons (Fsp3) is 0. The fourth-order valence-corrected chi connectivity index (χ4v) is 2.98. The molecule has 0 saturated heterocycles. The molecular formula is C24H16O3. The van der Waals surface area contributed by atoms with Gasteiger partial charge in [-0.2, -0.15) is 0 Å². The number of ketones is 1. The lowest BCUT2D eigenvalue weighted by molar-refractivity contribution is 0.103. The van der Waals surface area contributed by atoms with Gasteiger partial charge in [0.1, 0.15) is 17.1 Å². The first-order valence-corrected chi connectivity index (χ1v) is 8.63. The number of carbonyl (C=O) groups excluding carboxylic acids is 1. The lowest BCUT2D eigenvalue weighted by Gasteiger charge is -2.10. The van der Waals surface area contributed by atoms with Crippen LogP contribution in [0.25, 0.3) is 22.6 Å². The topological polar surface area (TPSA) is 47.3 Å². The largest absolute Gasteiger partial charge is 0.455 e. The number of carbonyl (C=O) groups is 1. The summed E-state index contributed by atoms with van der Waals surface area (Å²) in [7, 11) is 0. The van der Waals surface area contributed by atoms with E-state index in [0.29, 0.717) is 16.9 Å². The van der Waals surface area contributed by atoms with E-state index >= 15 is 0 Å². The molecule has 130 valence electrons. The molecule has 0 fully saturated rings. The molecule has 1 aromatic heterocycles. The molecule has 3 nitrogen and oxygen atoms in total. The highest BCUT2D eigenvalue weighted by atomic mass is 16.3. The molecule has 1 heterocycles. The molecule has 0 spiro atoms. The molecule has 0 radical (unpaired) electrons. The molecule has 27 heavy (non-hydrogen) atoms. The Balaban J connectivity index is 1.96. The second-order valence-corrected chi connectivity index (χ2v) is 6.11. The van der Waals surface area contributed by atoms with Crippen LogP contribution >= 0.6 is 0 Å². The van der Waals surface area contributed by atoms with Gasteiger partial charge in [-0.05, 0) is 0 Å². The highest BCUT2D eigenvalue weighted by Gasteiger charge is 2.22. The molecule has 3 aromatic carbocycles. The molecule has 0 saturated carbocycles. The van der Waals surface area contributed by atoms with Crippen molar-refractivity contribution in [2.24, 2.45) is 0 Å². The van der Waals surface area contributed by atoms with Crippen LogP contribution in [0.5, 0.6) is 0 Å². The summed E-state index contributed by atoms with van der Waals surface area (Å²) in [6.45, 7) is 0. The molecule has 0 N–H and O–H groups in total. The number of benzene rings is 3. The van der Waals surface area contributed by atoms with Gasteiger partial charge in [-0.3, -0.25) is 9.59 Å². The second-order valence-electron chi connectivity index (χ2n) is 6.11. The van der Waals surface area contributed by atoms with E-state index in [9.17, 15) is 9.59 Å². The maximum atomic E-state index is 13.0. The van der Waals surface area contributed by atoms with Gasteiger partial charge in [0, 0.05) is 22.8 Å². The van der Waals surface area contributed by atoms with Gasteiger partial charge in [-0.1, -0.05) is 91.0 Å². The first-order chi connectivity index (χ1) is 13.2. The summed E-state index contributed by atoms with van der Waals surface area (Å²) in [5.41, 5.74) is 1.62. The van der Waals surface area contributed by atoms with Crippen molar-refractivity contribution in [1.29, 1.82) is 0 Å². The van der Waals surface area contributed by atoms with Crippen LogP contribution in [-0.2, 0) is 0 Å². The van der Waals surface area contributed by atoms with Crippen molar-refractivity contribution in [1.82, 2.24) is 0 Å². The Morgan fingerprint density at radius 1 is 0.667 bits per heavy atom. The van der Waals surface area contributed by atoms with E-state index in [4.69, 9.17) is 4.42 Å². The van der Waals surface area contributed by atoms with E-state index in [0.717, 1.165) is 5.56 Å². The average molecular weight is 352 g/mol. The average Bonchev–Trinajstić information content (AvgIpc) is 2.74. The maximum Gasteiger partial charge on any atom is 0.200 e. The SMILES string of the molecule is O=C(c1ccccc1)c1c(-c2ccccc2)oc(-c2ccccc2)cc1=O. The van der Waals surface area contributed by atoms with E-state index < -0.39 is 0 Å². The molecule has 0 aliphatic heterocycles. The molecule has 3 heteroatoms. The molecule has 0 unspecified atom stereocenters. The Kier molecular flexibility index (Phi) is 4.50. The fourth-order valence-electron chi connectivity index (χ4n) is 2.98. The summed E-state index contributed by atoms with van der Waals surface area (Å²) in [6.07, 6.45) is 0. The van der Waals surface area contributed by atoms with Gasteiger partial charge in [0.25, 0.3) is 0 Å². The van der Waals surface area contributed by atoms with Crippen molar-refractivity contribution in [3.05, 3.63) is 118 Å². The van der Waals surface area contributed by atoms with Gasteiger partial charge in [0.05, 0.1) is 0 Å². The minimum Gasteiger partial charge on any atom is -0.455 e. The van der Waals surface area contributed by atoms with E-state index in [1.807, 2.05) is 66.7 Å². The molecule has 0 aliphatic rings. The van der Waals surface area contributed by atoms with Crippen molar-refractivity contribution in [3.8, 4) is 22.6 Å². The molecule has 0 atom stereocenters. The Morgan fingerprint density at radius 2 is 1.19 bits per heavy atom. The van der Waals surface area contributed by atoms with E-state index in [-0.39, 0.29) is 22.5 Å². The van der Waals surface area contributed by atoms with Gasteiger partial charge < -0.3 is 4.42 Å². The monoisotopic (exact) mass is 352 g/mol. The summed E-state index contributed by atoms with van der Waals surface area (Å²) in [6, 6.07) is 28.8. The van der Waals surface area contributed by atoms with Crippen molar-refractivity contribution in [3.63, 3.8) is 0 Å². The summed E-state index contributed by atoms with van der Waals surface area (Å²) in [5.74, 6) is 0.377. The van der Waals surface area contributed by atoms with Crippen molar-refractivity contribution in [2.75, 3.05) is 0 Å². The van der Waals surface area contributed by atoms with Crippen LogP contribution in [-0.4, -0.2) is 5.78 Å². The van der Waals surface area contributed by atoms with E-state index in [1.54, 1.807) is 24.3 Å². The van der Waals surface area contributed by atoms with Gasteiger partial charge in [-0.25, -0.2) is 0 Å². The zero-order valence-electron chi connectivity index (χ0n) is 14.5. The molecule has 0 aliphatic carbocycles. The normalized spacial score (nSPS) is 10.5. The minimum absolute atomic E-state index is 0.0482. The Morgan fingerprint density at radius 3 is 1.78 bits per heavy atom. The van der Waals surface area contributed by atoms with Crippen LogP contribution in [0.4, 0.5) is 0 Å². The van der Waals surface area contributed by atoms with Gasteiger partial charge in [0.15, 0.2) is 5.43 Å². The zero-order valence-corrected chi connectivity index (χ0v) is 14.5. The minimum atomic E-state index is -0.354. The van der Waals surface area contributed by atoms with Crippen LogP contribution in [0, 0.1) is 0 Å². The van der Waals surface area contributed by atoms with E-state index in [1.165, 1.54) is 6.07 Å². The first-order valence-electron chi connectivity index (χ1n) is 8.63. The Hall–Kier alpha value is -3.72. The van der Waals surface area contributed by atoms with E-state index in [2.05, 4.69) is 0 Å². The predicted molar refractivity (Wildman–Crippen MR) is 106 cm³/mol. The third-order valence-corrected chi connectivity index (χ3v) is 4.30. The maximum absolute atomic E-state index is 13.0. The van der Waals surface area contributed by atoms with Gasteiger partial charge >= 0.3 is 0 Å². The van der Waals surface area contributed by atoms with Crippen LogP contribution in [0.2, 0.25) is 0 Å². The molecule has 0 bridgehead atoms. The highest BCUT2D eigenvalue weighted by Crippen LogP contribution is 2.28. The lowest BCUT2D eigenvalue weighted by atomic mass is 9.98. The number of hydrogen-bond donors (Lipinski definition) is 0. The Bertz CT molecular complexity index is 1130. The van der Waals surface area contributed by atoms with Crippen LogP contribution < -0.4 is 5.43 Å². The number of hydrogen-bond acceptors (Lipinski definition) is 3. The smallest absolute Gasteiger partial charge is 0.200 e. The summed E-state index contributed by atoms with van der Waals surface area (Å²) in [4.78, 5) is 26.0. The van der Waals surface area contributed by atoms with Gasteiger partial charge in [0.2, 0.25) is 5.78 Å². The number of rotatable bonds is 4. The first kappa shape index (κ1) is 16.7. The standard InChI is InChI=1S/C24H16O3/c25-20-16-21(17-10-4-1-5-11-17)27-24(19-14-8-3-9-15-19)22(20)23(26)18-12-6-2-7-13-18/h1-16H. The second kappa shape index (κ2) is 7.26. The third-order valence-electron chi connectivity index (χ3n) is 4.30. The van der Waals surface area contributed by atoms with Crippen LogP contribution in [0.3, 0.4) is 0 Å². The molecule has 0 amide bonds. The van der Waals surface area contributed by atoms with Crippen LogP contribution in [0.1, 0.15) is 15.9 Å². The predicted octanol–water partition coefficient (Wildman–Crippen LogP) is 5.20. The molecule has 4 aromatic rings. The van der Waals surface area contributed by atoms with Crippen molar-refractivity contribution in [2.45, 2.75) is 0 Å². The summed E-state index contributed by atoms with van der Waals surface area (Å²) in [5, 5.41) is 0. The Labute approximate surface area is 156 Å².